The van der Waals surface area contributed by atoms with Gasteiger partial charge in [0.15, 0.2) is 23.0 Å². The molecular weight excluding hydrogens is 797 g/mol. The Morgan fingerprint density at radius 1 is 0.482 bits per heavy atom. The molecule has 0 N–H and O–H groups in total. The van der Waals surface area contributed by atoms with Crippen molar-refractivity contribution in [2.24, 2.45) is 0 Å². The summed E-state index contributed by atoms with van der Waals surface area (Å²) in [6.07, 6.45) is 0. The summed E-state index contributed by atoms with van der Waals surface area (Å²) in [6, 6.07) is 22.0. The number of ether oxygens (including phenoxy) is 8. The van der Waals surface area contributed by atoms with Gasteiger partial charge in [-0.15, -0.1) is 22.7 Å². The van der Waals surface area contributed by atoms with E-state index in [0.717, 1.165) is 20.9 Å². The van der Waals surface area contributed by atoms with E-state index in [0.29, 0.717) is 76.8 Å². The quantitative estimate of drug-likeness (QED) is 0.0718. The summed E-state index contributed by atoms with van der Waals surface area (Å²) in [6.45, 7) is 0. The largest absolute Gasteiger partial charge is 0.497 e. The number of nitrogens with zero attached hydrogens (tertiary/aromatic N) is 2. The van der Waals surface area contributed by atoms with Gasteiger partial charge in [-0.05, 0) is 72.8 Å². The summed E-state index contributed by atoms with van der Waals surface area (Å²) in [7, 11) is 14.9. The first-order valence-electron chi connectivity index (χ1n) is 16.5. The molecule has 2 heterocycles. The Labute approximate surface area is 339 Å². The molecule has 4 aromatic carbocycles. The maximum Gasteiger partial charge on any atom is 0.350 e. The van der Waals surface area contributed by atoms with Gasteiger partial charge in [-0.25, -0.2) is 19.6 Å². The molecule has 290 valence electrons. The monoisotopic (exact) mass is 832 g/mol. The Bertz CT molecular complexity index is 2190. The van der Waals surface area contributed by atoms with Gasteiger partial charge in [0.1, 0.15) is 31.3 Å². The molecule has 0 unspecified atom stereocenters. The second kappa shape index (κ2) is 18.0. The molecule has 0 aliphatic rings. The average Bonchev–Trinajstić information content (AvgIpc) is 3.90. The molecule has 0 radical (unpaired) electrons. The molecule has 6 aromatic rings. The van der Waals surface area contributed by atoms with Gasteiger partial charge in [-0.3, -0.25) is 0 Å². The molecule has 2 aromatic heterocycles. The minimum absolute atomic E-state index is 0.339. The van der Waals surface area contributed by atoms with E-state index in [9.17, 15) is 9.59 Å². The molecule has 0 saturated heterocycles. The topological polar surface area (TPSA) is 134 Å². The molecule has 56 heavy (non-hydrogen) atoms. The van der Waals surface area contributed by atoms with Crippen molar-refractivity contribution in [3.05, 3.63) is 82.6 Å². The summed E-state index contributed by atoms with van der Waals surface area (Å²) in [5.41, 5.74) is 3.77. The number of methoxy groups -OCH3 is 8. The maximum atomic E-state index is 13.1. The number of rotatable bonds is 15. The number of carbonyl (C=O) groups is 2. The number of hydrogen-bond donors (Lipinski definition) is 0. The number of thiazole rings is 2. The van der Waals surface area contributed by atoms with Gasteiger partial charge in [0.05, 0.1) is 68.3 Å². The van der Waals surface area contributed by atoms with E-state index in [1.54, 1.807) is 66.9 Å². The van der Waals surface area contributed by atoms with Crippen LogP contribution in [0.4, 0.5) is 0 Å². The zero-order valence-corrected chi connectivity index (χ0v) is 34.8. The Hall–Kier alpha value is -5.42. The third kappa shape index (κ3) is 8.23. The fourth-order valence-corrected chi connectivity index (χ4v) is 10.1. The minimum atomic E-state index is -0.512. The van der Waals surface area contributed by atoms with Gasteiger partial charge >= 0.3 is 11.9 Å². The Balaban J connectivity index is 1.47. The number of esters is 2. The van der Waals surface area contributed by atoms with Crippen LogP contribution in [0.15, 0.2) is 82.6 Å². The summed E-state index contributed by atoms with van der Waals surface area (Å²) in [4.78, 5) is 38.3. The Morgan fingerprint density at radius 2 is 0.821 bits per heavy atom. The van der Waals surface area contributed by atoms with Crippen molar-refractivity contribution < 1.29 is 47.5 Å². The maximum absolute atomic E-state index is 13.1. The second-order valence-electron chi connectivity index (χ2n) is 11.4. The van der Waals surface area contributed by atoms with E-state index in [1.165, 1.54) is 58.5 Å². The smallest absolute Gasteiger partial charge is 0.350 e. The summed E-state index contributed by atoms with van der Waals surface area (Å²) in [5, 5.41) is 1.11. The standard InChI is InChI=1S/C40H36N2O10S4/c1-45-23-13-9-21(10-14-23)33-35(39(43)51-7)53-37(41-33)25-17-27(47-3)29(49-5)19-31(25)55-56-32-20-30(50-6)28(48-4)18-26(32)38-42-34(36(54-38)40(44)52-8)22-11-15-24(46-2)16-12-22/h9-20H,1-8H3. The van der Waals surface area contributed by atoms with E-state index < -0.39 is 11.9 Å². The third-order valence-electron chi connectivity index (χ3n) is 8.38. The van der Waals surface area contributed by atoms with E-state index in [4.69, 9.17) is 47.9 Å². The molecule has 6 rings (SSSR count). The first kappa shape index (κ1) is 40.2. The van der Waals surface area contributed by atoms with Crippen molar-refractivity contribution in [1.29, 1.82) is 0 Å². The normalized spacial score (nSPS) is 10.8. The molecule has 0 fully saturated rings. The molecular formula is C40H36N2O10S4. The van der Waals surface area contributed by atoms with E-state index in [-0.39, 0.29) is 0 Å². The first-order valence-corrected chi connectivity index (χ1v) is 20.3. The first-order chi connectivity index (χ1) is 27.2. The van der Waals surface area contributed by atoms with Crippen LogP contribution in [0.1, 0.15) is 19.3 Å². The van der Waals surface area contributed by atoms with E-state index in [1.807, 2.05) is 48.5 Å². The number of hydrogen-bond acceptors (Lipinski definition) is 16. The average molecular weight is 833 g/mol. The lowest BCUT2D eigenvalue weighted by molar-refractivity contribution is 0.0598. The molecule has 0 bridgehead atoms. The van der Waals surface area contributed by atoms with Crippen LogP contribution in [0.2, 0.25) is 0 Å². The van der Waals surface area contributed by atoms with Crippen molar-refractivity contribution in [1.82, 2.24) is 9.97 Å². The van der Waals surface area contributed by atoms with Crippen molar-refractivity contribution in [3.8, 4) is 78.2 Å². The SMILES string of the molecule is COC(=O)c1sc(-c2cc(OC)c(OC)cc2SSc2cc(OC)c(OC)cc2-c2nc(-c3ccc(OC)cc3)c(C(=O)OC)s2)nc1-c1ccc(OC)cc1. The Kier molecular flexibility index (Phi) is 13.0. The second-order valence-corrected chi connectivity index (χ2v) is 15.6. The molecule has 0 amide bonds. The lowest BCUT2D eigenvalue weighted by atomic mass is 10.1. The van der Waals surface area contributed by atoms with Crippen LogP contribution in [-0.2, 0) is 9.47 Å². The van der Waals surface area contributed by atoms with Crippen molar-refractivity contribution >= 4 is 56.2 Å². The summed E-state index contributed by atoms with van der Waals surface area (Å²) < 4.78 is 43.8. The van der Waals surface area contributed by atoms with Crippen LogP contribution < -0.4 is 28.4 Å². The highest BCUT2D eigenvalue weighted by atomic mass is 33.1. The van der Waals surface area contributed by atoms with Crippen LogP contribution in [0.25, 0.3) is 43.7 Å². The molecule has 16 heteroatoms. The van der Waals surface area contributed by atoms with Crippen molar-refractivity contribution in [2.45, 2.75) is 9.79 Å². The van der Waals surface area contributed by atoms with E-state index >= 15 is 0 Å². The van der Waals surface area contributed by atoms with Gasteiger partial charge in [0.25, 0.3) is 0 Å². The molecule has 0 aliphatic carbocycles. The Morgan fingerprint density at radius 3 is 1.12 bits per heavy atom. The zero-order valence-electron chi connectivity index (χ0n) is 31.5. The number of benzene rings is 4. The van der Waals surface area contributed by atoms with Crippen LogP contribution in [0.3, 0.4) is 0 Å². The van der Waals surface area contributed by atoms with Crippen LogP contribution in [-0.4, -0.2) is 78.8 Å². The lowest BCUT2D eigenvalue weighted by Gasteiger charge is -2.15. The molecule has 0 saturated carbocycles. The summed E-state index contributed by atoms with van der Waals surface area (Å²) >= 11 is 2.41. The number of carbonyl (C=O) groups excluding carboxylic acids is 2. The predicted octanol–water partition coefficient (Wildman–Crippen LogP) is 9.69. The number of aromatic nitrogens is 2. The van der Waals surface area contributed by atoms with Crippen molar-refractivity contribution in [3.63, 3.8) is 0 Å². The molecule has 0 atom stereocenters. The van der Waals surface area contributed by atoms with Crippen LogP contribution in [0, 0.1) is 0 Å². The third-order valence-corrected chi connectivity index (χ3v) is 13.0. The molecule has 12 nitrogen and oxygen atoms in total. The molecule has 0 aliphatic heterocycles. The van der Waals surface area contributed by atoms with Gasteiger partial charge in [0, 0.05) is 32.0 Å². The fraction of sp³-hybridized carbons (Fsp3) is 0.200. The van der Waals surface area contributed by atoms with Gasteiger partial charge < -0.3 is 37.9 Å². The fourth-order valence-electron chi connectivity index (χ4n) is 5.50. The highest BCUT2D eigenvalue weighted by molar-refractivity contribution is 8.76. The lowest BCUT2D eigenvalue weighted by Crippen LogP contribution is -2.00. The van der Waals surface area contributed by atoms with Crippen molar-refractivity contribution in [2.75, 3.05) is 56.9 Å². The summed E-state index contributed by atoms with van der Waals surface area (Å²) in [5.74, 6) is 2.28. The molecule has 0 spiro atoms. The zero-order chi connectivity index (χ0) is 39.9. The van der Waals surface area contributed by atoms with Gasteiger partial charge in [-0.2, -0.15) is 0 Å². The highest BCUT2D eigenvalue weighted by Crippen LogP contribution is 2.52. The van der Waals surface area contributed by atoms with Gasteiger partial charge in [0.2, 0.25) is 0 Å². The highest BCUT2D eigenvalue weighted by Gasteiger charge is 2.27. The van der Waals surface area contributed by atoms with Crippen LogP contribution >= 0.6 is 44.3 Å². The van der Waals surface area contributed by atoms with Crippen LogP contribution in [0.5, 0.6) is 34.5 Å². The van der Waals surface area contributed by atoms with E-state index in [2.05, 4.69) is 0 Å². The predicted molar refractivity (Wildman–Crippen MR) is 220 cm³/mol. The minimum Gasteiger partial charge on any atom is -0.497 e. The van der Waals surface area contributed by atoms with Gasteiger partial charge in [-0.1, -0.05) is 21.6 Å².